The summed E-state index contributed by atoms with van der Waals surface area (Å²) in [6.45, 7) is 19.6. The van der Waals surface area contributed by atoms with Gasteiger partial charge in [-0.15, -0.1) is 0 Å². The van der Waals surface area contributed by atoms with Crippen LogP contribution in [-0.2, 0) is 12.4 Å². The molecule has 2 aliphatic carbocycles. The van der Waals surface area contributed by atoms with Crippen molar-refractivity contribution in [3.8, 4) is 0 Å². The van der Waals surface area contributed by atoms with E-state index in [1.807, 2.05) is 0 Å². The van der Waals surface area contributed by atoms with Gasteiger partial charge in [-0.1, -0.05) is 64.7 Å². The number of piperidine rings is 2. The molecule has 312 valence electrons. The average Bonchev–Trinajstić information content (AvgIpc) is 3.96. The summed E-state index contributed by atoms with van der Waals surface area (Å²) in [5, 5.41) is 5.90. The number of alkyl halides is 6. The molecule has 56 heavy (non-hydrogen) atoms. The maximum absolute atomic E-state index is 12.9. The fourth-order valence-corrected chi connectivity index (χ4v) is 8.27. The third kappa shape index (κ3) is 11.8. The van der Waals surface area contributed by atoms with E-state index in [1.54, 1.807) is 0 Å². The van der Waals surface area contributed by atoms with Gasteiger partial charge in [-0.25, -0.2) is 0 Å². The van der Waals surface area contributed by atoms with Crippen molar-refractivity contribution in [2.24, 2.45) is 21.7 Å². The summed E-state index contributed by atoms with van der Waals surface area (Å²) < 4.78 is 77.5. The van der Waals surface area contributed by atoms with Crippen LogP contribution in [0, 0.1) is 21.7 Å². The summed E-state index contributed by atoms with van der Waals surface area (Å²) >= 11 is 12.0. The summed E-state index contributed by atoms with van der Waals surface area (Å²) in [6.07, 6.45) is -0.873. The third-order valence-corrected chi connectivity index (χ3v) is 12.8. The highest BCUT2D eigenvalue weighted by atomic mass is 35.5. The van der Waals surface area contributed by atoms with Crippen molar-refractivity contribution in [2.45, 2.75) is 117 Å². The smallest absolute Gasteiger partial charge is 0.349 e. The number of carbonyl (C=O) groups is 2. The fraction of sp³-hybridized carbons (Fsp3) is 0.667. The Kier molecular flexibility index (Phi) is 13.2. The molecule has 0 bridgehead atoms. The van der Waals surface area contributed by atoms with Gasteiger partial charge in [0.1, 0.15) is 0 Å². The summed E-state index contributed by atoms with van der Waals surface area (Å²) in [6, 6.07) is 5.77. The van der Waals surface area contributed by atoms with E-state index < -0.39 is 35.3 Å². The molecule has 2 aliphatic heterocycles. The largest absolute Gasteiger partial charge is 0.416 e. The van der Waals surface area contributed by atoms with Gasteiger partial charge in [-0.2, -0.15) is 26.3 Å². The summed E-state index contributed by atoms with van der Waals surface area (Å²) in [5.74, 6) is -1.04. The van der Waals surface area contributed by atoms with Crippen LogP contribution < -0.4 is 10.6 Å². The van der Waals surface area contributed by atoms with Gasteiger partial charge in [-0.3, -0.25) is 9.59 Å². The molecular weight excluding hydrogens is 777 g/mol. The van der Waals surface area contributed by atoms with E-state index in [0.717, 1.165) is 127 Å². The number of benzene rings is 2. The molecule has 0 unspecified atom stereocenters. The molecule has 0 aromatic heterocycles. The lowest BCUT2D eigenvalue weighted by molar-refractivity contribution is -0.138. The van der Waals surface area contributed by atoms with Gasteiger partial charge < -0.3 is 20.4 Å². The van der Waals surface area contributed by atoms with Gasteiger partial charge in [0, 0.05) is 12.1 Å². The van der Waals surface area contributed by atoms with Crippen LogP contribution in [0.2, 0.25) is 10.0 Å². The van der Waals surface area contributed by atoms with E-state index in [2.05, 4.69) is 62.0 Å². The number of likely N-dealkylation sites (tertiary alicyclic amines) is 2. The zero-order chi connectivity index (χ0) is 41.5. The lowest BCUT2D eigenvalue weighted by Crippen LogP contribution is -2.39. The predicted octanol–water partition coefficient (Wildman–Crippen LogP) is 10.8. The molecule has 0 radical (unpaired) electrons. The highest BCUT2D eigenvalue weighted by Gasteiger charge is 2.56. The quantitative estimate of drug-likeness (QED) is 0.260. The molecule has 6 nitrogen and oxygen atoms in total. The van der Waals surface area contributed by atoms with E-state index in [0.29, 0.717) is 10.8 Å². The van der Waals surface area contributed by atoms with Crippen molar-refractivity contribution in [1.82, 2.24) is 20.4 Å². The fourth-order valence-electron chi connectivity index (χ4n) is 7.86. The van der Waals surface area contributed by atoms with E-state index in [4.69, 9.17) is 23.2 Å². The Morgan fingerprint density at radius 1 is 0.625 bits per heavy atom. The van der Waals surface area contributed by atoms with Gasteiger partial charge in [0.2, 0.25) is 0 Å². The number of amides is 2. The van der Waals surface area contributed by atoms with Gasteiger partial charge in [0.15, 0.2) is 0 Å². The number of nitrogens with zero attached hydrogens (tertiary/aromatic N) is 2. The molecule has 2 amide bonds. The number of halogens is 8. The van der Waals surface area contributed by atoms with Gasteiger partial charge >= 0.3 is 12.4 Å². The van der Waals surface area contributed by atoms with Crippen LogP contribution >= 0.6 is 23.2 Å². The Hall–Kier alpha value is -2.54. The average molecular weight is 834 g/mol. The second-order valence-electron chi connectivity index (χ2n) is 18.9. The summed E-state index contributed by atoms with van der Waals surface area (Å²) in [7, 11) is 0. The summed E-state index contributed by atoms with van der Waals surface area (Å²) in [5.41, 5.74) is -1.11. The maximum atomic E-state index is 12.9. The molecule has 6 rings (SSSR count). The molecule has 2 saturated heterocycles. The first-order valence-corrected chi connectivity index (χ1v) is 20.3. The molecule has 14 heteroatoms. The maximum Gasteiger partial charge on any atom is 0.416 e. The van der Waals surface area contributed by atoms with Crippen molar-refractivity contribution < 1.29 is 35.9 Å². The van der Waals surface area contributed by atoms with Gasteiger partial charge in [-0.05, 0) is 149 Å². The van der Waals surface area contributed by atoms with E-state index in [9.17, 15) is 35.9 Å². The molecule has 2 N–H and O–H groups in total. The number of hydrogen-bond acceptors (Lipinski definition) is 4. The number of hydrogen-bond donors (Lipinski definition) is 2. The molecule has 2 spiro atoms. The van der Waals surface area contributed by atoms with Crippen molar-refractivity contribution >= 4 is 35.0 Å². The van der Waals surface area contributed by atoms with Crippen LogP contribution in [0.1, 0.15) is 125 Å². The van der Waals surface area contributed by atoms with Crippen LogP contribution in [-0.4, -0.2) is 73.0 Å². The second-order valence-corrected chi connectivity index (χ2v) is 19.7. The Bertz CT molecular complexity index is 1590. The standard InChI is InChI=1S/2C21H28ClF3N2O/c2*1-19(2,3)6-9-27-10-7-20(8-11-27)13-17(20)26-18(28)15-12-14(21(23,24)25)4-5-16(15)22/h2*4-5,12,17H,6-11,13H2,1-3H3,(H,26,28)/t2*17-/m10/s1. The lowest BCUT2D eigenvalue weighted by Gasteiger charge is -2.34. The normalized spacial score (nSPS) is 22.3. The first-order chi connectivity index (χ1) is 25.8. The Balaban J connectivity index is 0.000000214. The minimum Gasteiger partial charge on any atom is -0.349 e. The molecule has 4 fully saturated rings. The van der Waals surface area contributed by atoms with Gasteiger partial charge in [0.05, 0.1) is 32.3 Å². The third-order valence-electron chi connectivity index (χ3n) is 12.1. The molecule has 2 aromatic carbocycles. The molecule has 2 atom stereocenters. The topological polar surface area (TPSA) is 64.7 Å². The van der Waals surface area contributed by atoms with E-state index in [-0.39, 0.29) is 44.1 Å². The zero-order valence-electron chi connectivity index (χ0n) is 33.3. The van der Waals surface area contributed by atoms with E-state index in [1.165, 1.54) is 0 Å². The Labute approximate surface area is 337 Å². The highest BCUT2D eigenvalue weighted by Crippen LogP contribution is 2.55. The lowest BCUT2D eigenvalue weighted by atomic mass is 9.89. The Morgan fingerprint density at radius 3 is 1.23 bits per heavy atom. The zero-order valence-corrected chi connectivity index (χ0v) is 34.8. The number of rotatable bonds is 8. The molecule has 2 heterocycles. The van der Waals surface area contributed by atoms with Crippen LogP contribution in [0.25, 0.3) is 0 Å². The van der Waals surface area contributed by atoms with Crippen molar-refractivity contribution in [3.05, 3.63) is 68.7 Å². The van der Waals surface area contributed by atoms with Crippen LogP contribution in [0.3, 0.4) is 0 Å². The highest BCUT2D eigenvalue weighted by molar-refractivity contribution is 6.34. The minimum absolute atomic E-state index is 0.0235. The SMILES string of the molecule is CC(C)(C)CCN1CCC2(CC1)C[C@@H]2NC(=O)c1cc(C(F)(F)F)ccc1Cl.CC(C)(C)CCN1CCC2(CC1)C[C@H]2NC(=O)c1cc(C(F)(F)F)ccc1Cl. The molecule has 2 saturated carbocycles. The molecule has 2 aromatic rings. The van der Waals surface area contributed by atoms with Crippen LogP contribution in [0.15, 0.2) is 36.4 Å². The number of nitrogens with one attached hydrogen (secondary N) is 2. The van der Waals surface area contributed by atoms with Gasteiger partial charge in [0.25, 0.3) is 11.8 Å². The van der Waals surface area contributed by atoms with Crippen molar-refractivity contribution in [3.63, 3.8) is 0 Å². The molecular formula is C42H56Cl2F6N4O2. The first kappa shape index (κ1) is 44.6. The molecule has 4 aliphatic rings. The minimum atomic E-state index is -4.50. The predicted molar refractivity (Wildman–Crippen MR) is 209 cm³/mol. The van der Waals surface area contributed by atoms with Crippen molar-refractivity contribution in [2.75, 3.05) is 39.3 Å². The first-order valence-electron chi connectivity index (χ1n) is 19.6. The van der Waals surface area contributed by atoms with Crippen LogP contribution in [0.4, 0.5) is 26.3 Å². The second kappa shape index (κ2) is 16.6. The monoisotopic (exact) mass is 832 g/mol. The van der Waals surface area contributed by atoms with Crippen molar-refractivity contribution in [1.29, 1.82) is 0 Å². The summed E-state index contributed by atoms with van der Waals surface area (Å²) in [4.78, 5) is 30.0. The Morgan fingerprint density at radius 2 is 0.946 bits per heavy atom. The number of carbonyl (C=O) groups excluding carboxylic acids is 2. The van der Waals surface area contributed by atoms with E-state index >= 15 is 0 Å². The van der Waals surface area contributed by atoms with Crippen LogP contribution in [0.5, 0.6) is 0 Å².